The highest BCUT2D eigenvalue weighted by atomic mass is 16.5. The van der Waals surface area contributed by atoms with Gasteiger partial charge in [0.05, 0.1) is 0 Å². The highest BCUT2D eigenvalue weighted by molar-refractivity contribution is 5.70. The van der Waals surface area contributed by atoms with E-state index in [-0.39, 0.29) is 5.69 Å². The minimum Gasteiger partial charge on any atom is -0.617 e. The Hall–Kier alpha value is -2.15. The van der Waals surface area contributed by atoms with Gasteiger partial charge in [0.25, 0.3) is 0 Å². The number of nitrogens with zero attached hydrogens (tertiary/aromatic N) is 3. The molecule has 0 bridgehead atoms. The molecule has 13 heavy (non-hydrogen) atoms. The predicted octanol–water partition coefficient (Wildman–Crippen LogP) is 0.740. The van der Waals surface area contributed by atoms with E-state index in [2.05, 4.69) is 4.98 Å². The van der Waals surface area contributed by atoms with Crippen LogP contribution in [0.1, 0.15) is 5.69 Å². The van der Waals surface area contributed by atoms with Crippen LogP contribution in [0.4, 0.5) is 0 Å². The van der Waals surface area contributed by atoms with Crippen molar-refractivity contribution in [2.75, 3.05) is 0 Å². The monoisotopic (exact) mass is 171 g/mol. The van der Waals surface area contributed by atoms with Crippen LogP contribution >= 0.6 is 0 Å². The Labute approximate surface area is 74.3 Å². The summed E-state index contributed by atoms with van der Waals surface area (Å²) in [4.78, 5) is 3.97. The highest BCUT2D eigenvalue weighted by Crippen LogP contribution is 2.05. The molecule has 1 heterocycles. The fraction of sp³-hybridized carbons (Fsp3) is 0. The zero-order valence-corrected chi connectivity index (χ0v) is 6.64. The molecule has 0 amide bonds. The summed E-state index contributed by atoms with van der Waals surface area (Å²) in [5.41, 5.74) is 1.02. The van der Waals surface area contributed by atoms with Gasteiger partial charge in [-0.05, 0) is 6.07 Å². The van der Waals surface area contributed by atoms with Gasteiger partial charge in [0, 0.05) is 6.07 Å². The van der Waals surface area contributed by atoms with Gasteiger partial charge in [-0.2, -0.15) is 9.99 Å². The Balaban J connectivity index is 2.89. The standard InChI is InChI=1S/C9H5N3O/c10-5-7-6-11-8-3-1-2-4-9(8)12(7)13/h1-4,6H. The molecular weight excluding hydrogens is 166 g/mol. The van der Waals surface area contributed by atoms with Crippen molar-refractivity contribution in [3.63, 3.8) is 0 Å². The van der Waals surface area contributed by atoms with Crippen molar-refractivity contribution < 1.29 is 4.73 Å². The predicted molar refractivity (Wildman–Crippen MR) is 45.4 cm³/mol. The molecular formula is C9H5N3O. The summed E-state index contributed by atoms with van der Waals surface area (Å²) in [6.45, 7) is 0. The summed E-state index contributed by atoms with van der Waals surface area (Å²) in [5.74, 6) is 0. The number of fused-ring (bicyclic) bond motifs is 1. The van der Waals surface area contributed by atoms with E-state index in [4.69, 9.17) is 5.26 Å². The van der Waals surface area contributed by atoms with Gasteiger partial charge in [0.2, 0.25) is 5.52 Å². The van der Waals surface area contributed by atoms with Crippen LogP contribution in [0, 0.1) is 16.5 Å². The molecule has 2 aromatic rings. The Morgan fingerprint density at radius 1 is 1.38 bits per heavy atom. The molecule has 0 unspecified atom stereocenters. The van der Waals surface area contributed by atoms with Crippen LogP contribution in [-0.4, -0.2) is 4.98 Å². The van der Waals surface area contributed by atoms with Crippen molar-refractivity contribution in [1.82, 2.24) is 4.98 Å². The lowest BCUT2D eigenvalue weighted by Gasteiger charge is -2.00. The van der Waals surface area contributed by atoms with Crippen LogP contribution in [0.5, 0.6) is 0 Å². The van der Waals surface area contributed by atoms with E-state index < -0.39 is 0 Å². The molecule has 0 aliphatic rings. The molecule has 2 rings (SSSR count). The Morgan fingerprint density at radius 2 is 2.15 bits per heavy atom. The molecule has 1 aromatic heterocycles. The average molecular weight is 171 g/mol. The van der Waals surface area contributed by atoms with Crippen molar-refractivity contribution in [2.45, 2.75) is 0 Å². The van der Waals surface area contributed by atoms with Crippen LogP contribution in [0.25, 0.3) is 11.0 Å². The first kappa shape index (κ1) is 7.50. The summed E-state index contributed by atoms with van der Waals surface area (Å²) in [6, 6.07) is 8.67. The van der Waals surface area contributed by atoms with Gasteiger partial charge in [-0.25, -0.2) is 4.98 Å². The van der Waals surface area contributed by atoms with E-state index in [1.54, 1.807) is 30.3 Å². The van der Waals surface area contributed by atoms with Crippen molar-refractivity contribution in [3.05, 3.63) is 41.4 Å². The second-order valence-electron chi connectivity index (χ2n) is 2.54. The summed E-state index contributed by atoms with van der Waals surface area (Å²) in [6.07, 6.45) is 1.27. The van der Waals surface area contributed by atoms with E-state index in [9.17, 15) is 5.21 Å². The van der Waals surface area contributed by atoms with Crippen LogP contribution in [0.15, 0.2) is 30.5 Å². The van der Waals surface area contributed by atoms with Crippen molar-refractivity contribution >= 4 is 11.0 Å². The quantitative estimate of drug-likeness (QED) is 0.433. The van der Waals surface area contributed by atoms with Crippen LogP contribution < -0.4 is 4.73 Å². The van der Waals surface area contributed by atoms with Gasteiger partial charge in [0.1, 0.15) is 11.7 Å². The number of para-hydroxylation sites is 2. The van der Waals surface area contributed by atoms with E-state index in [0.29, 0.717) is 15.8 Å². The van der Waals surface area contributed by atoms with Gasteiger partial charge < -0.3 is 5.21 Å². The third-order valence-corrected chi connectivity index (χ3v) is 1.76. The zero-order valence-electron chi connectivity index (χ0n) is 6.64. The second kappa shape index (κ2) is 2.72. The Morgan fingerprint density at radius 3 is 2.92 bits per heavy atom. The van der Waals surface area contributed by atoms with Gasteiger partial charge in [-0.3, -0.25) is 0 Å². The number of hydrogen-bond acceptors (Lipinski definition) is 3. The summed E-state index contributed by atoms with van der Waals surface area (Å²) in [7, 11) is 0. The maximum absolute atomic E-state index is 11.4. The number of nitriles is 1. The summed E-state index contributed by atoms with van der Waals surface area (Å²) in [5, 5.41) is 20.0. The van der Waals surface area contributed by atoms with Crippen molar-refractivity contribution in [2.24, 2.45) is 0 Å². The zero-order chi connectivity index (χ0) is 9.26. The molecule has 0 spiro atoms. The van der Waals surface area contributed by atoms with E-state index in [1.165, 1.54) is 6.20 Å². The molecule has 1 aromatic carbocycles. The molecule has 62 valence electrons. The normalized spacial score (nSPS) is 9.77. The molecule has 0 atom stereocenters. The Bertz CT molecular complexity index is 502. The van der Waals surface area contributed by atoms with E-state index in [1.807, 2.05) is 0 Å². The molecule has 0 N–H and O–H groups in total. The molecule has 0 aliphatic carbocycles. The minimum atomic E-state index is 0.0127. The number of hydrogen-bond donors (Lipinski definition) is 0. The lowest BCUT2D eigenvalue weighted by molar-refractivity contribution is -0.580. The van der Waals surface area contributed by atoms with Crippen LogP contribution in [0.3, 0.4) is 0 Å². The molecule has 0 fully saturated rings. The molecule has 0 saturated carbocycles. The third kappa shape index (κ3) is 1.07. The largest absolute Gasteiger partial charge is 0.617 e. The lowest BCUT2D eigenvalue weighted by Crippen LogP contribution is -2.31. The molecule has 4 nitrogen and oxygen atoms in total. The van der Waals surface area contributed by atoms with Crippen molar-refractivity contribution in [1.29, 1.82) is 5.26 Å². The molecule has 4 heteroatoms. The number of rotatable bonds is 0. The maximum atomic E-state index is 11.4. The lowest BCUT2D eigenvalue weighted by atomic mass is 10.3. The molecule has 0 aliphatic heterocycles. The van der Waals surface area contributed by atoms with E-state index >= 15 is 0 Å². The summed E-state index contributed by atoms with van der Waals surface area (Å²) < 4.78 is 0.586. The summed E-state index contributed by atoms with van der Waals surface area (Å²) >= 11 is 0. The maximum Gasteiger partial charge on any atom is 0.313 e. The van der Waals surface area contributed by atoms with Gasteiger partial charge in [0.15, 0.2) is 6.07 Å². The molecule has 0 saturated heterocycles. The van der Waals surface area contributed by atoms with Gasteiger partial charge in [-0.15, -0.1) is 0 Å². The van der Waals surface area contributed by atoms with Crippen LogP contribution in [-0.2, 0) is 0 Å². The number of aromatic nitrogens is 2. The Kier molecular flexibility index (Phi) is 1.57. The smallest absolute Gasteiger partial charge is 0.313 e. The highest BCUT2D eigenvalue weighted by Gasteiger charge is 2.08. The van der Waals surface area contributed by atoms with E-state index in [0.717, 1.165) is 0 Å². The first-order valence-corrected chi connectivity index (χ1v) is 3.70. The first-order valence-electron chi connectivity index (χ1n) is 3.70. The SMILES string of the molecule is N#Cc1cnc2ccccc2[n+]1[O-]. The number of benzene rings is 1. The van der Waals surface area contributed by atoms with Gasteiger partial charge in [-0.1, -0.05) is 12.1 Å². The van der Waals surface area contributed by atoms with Crippen LogP contribution in [0.2, 0.25) is 0 Å². The second-order valence-corrected chi connectivity index (χ2v) is 2.54. The minimum absolute atomic E-state index is 0.0127. The third-order valence-electron chi connectivity index (χ3n) is 1.76. The fourth-order valence-electron chi connectivity index (χ4n) is 1.13. The molecule has 0 radical (unpaired) electrons. The van der Waals surface area contributed by atoms with Gasteiger partial charge >= 0.3 is 5.69 Å². The fourth-order valence-corrected chi connectivity index (χ4v) is 1.13. The van der Waals surface area contributed by atoms with Crippen molar-refractivity contribution in [3.8, 4) is 6.07 Å². The average Bonchev–Trinajstić information content (AvgIpc) is 2.19. The first-order chi connectivity index (χ1) is 6.33. The topological polar surface area (TPSA) is 63.6 Å².